The van der Waals surface area contributed by atoms with E-state index in [4.69, 9.17) is 0 Å². The fourth-order valence-electron chi connectivity index (χ4n) is 7.50. The Morgan fingerprint density at radius 1 is 0.810 bits per heavy atom. The quantitative estimate of drug-likeness (QED) is 0.663. The number of aliphatic hydroxyl groups excluding tert-OH is 1. The minimum absolute atomic E-state index is 0.0000147. The number of rotatable bonds is 0. The van der Waals surface area contributed by atoms with Crippen molar-refractivity contribution in [1.82, 2.24) is 0 Å². The van der Waals surface area contributed by atoms with Gasteiger partial charge in [-0.15, -0.1) is 0 Å². The molecule has 0 aromatic carbocycles. The van der Waals surface area contributed by atoms with Crippen molar-refractivity contribution in [2.45, 2.75) is 84.7 Å². The third-order valence-corrected chi connectivity index (χ3v) is 9.11. The molecule has 4 fully saturated rings. The van der Waals surface area contributed by atoms with Crippen LogP contribution in [0.1, 0.15) is 78.6 Å². The third-order valence-electron chi connectivity index (χ3n) is 9.11. The summed E-state index contributed by atoms with van der Waals surface area (Å²) in [4.78, 5) is 0. The number of aliphatic hydroxyl groups is 1. The average Bonchev–Trinajstić information content (AvgIpc) is 2.76. The molecule has 0 aromatic rings. The molecular weight excluding hydrogens is 256 g/mol. The maximum absolute atomic E-state index is 10.1. The van der Waals surface area contributed by atoms with E-state index < -0.39 is 0 Å². The van der Waals surface area contributed by atoms with E-state index in [1.165, 1.54) is 44.9 Å². The predicted molar refractivity (Wildman–Crippen MR) is 86.9 cm³/mol. The van der Waals surface area contributed by atoms with Crippen LogP contribution in [-0.2, 0) is 0 Å². The van der Waals surface area contributed by atoms with Gasteiger partial charge in [-0.1, -0.05) is 20.8 Å². The Labute approximate surface area is 130 Å². The van der Waals surface area contributed by atoms with Crippen LogP contribution in [0.5, 0.6) is 0 Å². The SMILES string of the molecule is C[C@H]1CCC2C3CC[C@H]4C[C@@H](O)CC[C@]4(C)C3CC[C@@]21C. The summed E-state index contributed by atoms with van der Waals surface area (Å²) < 4.78 is 0. The van der Waals surface area contributed by atoms with Crippen molar-refractivity contribution in [3.8, 4) is 0 Å². The minimum atomic E-state index is -0.0000147. The fraction of sp³-hybridized carbons (Fsp3) is 1.00. The van der Waals surface area contributed by atoms with E-state index in [0.29, 0.717) is 10.8 Å². The topological polar surface area (TPSA) is 20.2 Å². The molecule has 0 aromatic heterocycles. The largest absolute Gasteiger partial charge is 0.393 e. The van der Waals surface area contributed by atoms with Gasteiger partial charge in [0, 0.05) is 0 Å². The van der Waals surface area contributed by atoms with Gasteiger partial charge in [0.1, 0.15) is 0 Å². The molecule has 0 saturated heterocycles. The Balaban J connectivity index is 1.62. The Hall–Kier alpha value is -0.0400. The summed E-state index contributed by atoms with van der Waals surface area (Å²) in [5.41, 5.74) is 1.20. The third kappa shape index (κ3) is 1.92. The van der Waals surface area contributed by atoms with Gasteiger partial charge in [-0.3, -0.25) is 0 Å². The lowest BCUT2D eigenvalue weighted by Crippen LogP contribution is -2.53. The molecule has 1 nitrogen and oxygen atoms in total. The van der Waals surface area contributed by atoms with Gasteiger partial charge in [-0.05, 0) is 98.2 Å². The standard InChI is InChI=1S/C20H34O/c1-13-4-7-17-16-6-5-14-12-15(21)8-10-20(14,3)18(16)9-11-19(13,17)2/h13-18,21H,4-12H2,1-3H3/t13-,14-,15-,16?,17?,18?,19+,20-/m0/s1. The molecule has 4 saturated carbocycles. The summed E-state index contributed by atoms with van der Waals surface area (Å²) >= 11 is 0. The first-order valence-corrected chi connectivity index (χ1v) is 9.63. The van der Waals surface area contributed by atoms with Crippen LogP contribution in [-0.4, -0.2) is 11.2 Å². The number of hydrogen-bond acceptors (Lipinski definition) is 1. The molecule has 0 spiro atoms. The first kappa shape index (κ1) is 14.5. The van der Waals surface area contributed by atoms with Crippen molar-refractivity contribution in [3.63, 3.8) is 0 Å². The zero-order chi connectivity index (χ0) is 14.8. The van der Waals surface area contributed by atoms with Gasteiger partial charge < -0.3 is 5.11 Å². The van der Waals surface area contributed by atoms with Crippen molar-refractivity contribution >= 4 is 0 Å². The van der Waals surface area contributed by atoms with E-state index in [2.05, 4.69) is 20.8 Å². The summed E-state index contributed by atoms with van der Waals surface area (Å²) in [5.74, 6) is 4.74. The van der Waals surface area contributed by atoms with Gasteiger partial charge in [0.05, 0.1) is 6.10 Å². The van der Waals surface area contributed by atoms with E-state index in [0.717, 1.165) is 42.4 Å². The van der Waals surface area contributed by atoms with Crippen molar-refractivity contribution in [1.29, 1.82) is 0 Å². The molecular formula is C20H34O. The molecule has 1 heteroatoms. The molecule has 3 unspecified atom stereocenters. The lowest BCUT2D eigenvalue weighted by Gasteiger charge is -2.60. The van der Waals surface area contributed by atoms with Gasteiger partial charge >= 0.3 is 0 Å². The maximum atomic E-state index is 10.1. The van der Waals surface area contributed by atoms with Gasteiger partial charge in [0.2, 0.25) is 0 Å². The monoisotopic (exact) mass is 290 g/mol. The molecule has 0 radical (unpaired) electrons. The van der Waals surface area contributed by atoms with E-state index in [1.54, 1.807) is 0 Å². The van der Waals surface area contributed by atoms with Crippen LogP contribution in [0.25, 0.3) is 0 Å². The average molecular weight is 290 g/mol. The lowest BCUT2D eigenvalue weighted by molar-refractivity contribution is -0.125. The first-order valence-electron chi connectivity index (χ1n) is 9.63. The summed E-state index contributed by atoms with van der Waals surface area (Å²) in [6.45, 7) is 7.73. The van der Waals surface area contributed by atoms with Gasteiger partial charge in [-0.2, -0.15) is 0 Å². The van der Waals surface area contributed by atoms with Gasteiger partial charge in [0.15, 0.2) is 0 Å². The van der Waals surface area contributed by atoms with E-state index in [-0.39, 0.29) is 6.10 Å². The minimum Gasteiger partial charge on any atom is -0.393 e. The zero-order valence-corrected chi connectivity index (χ0v) is 14.3. The highest BCUT2D eigenvalue weighted by Gasteiger charge is 2.59. The first-order chi connectivity index (χ1) is 9.95. The summed E-state index contributed by atoms with van der Waals surface area (Å²) in [5, 5.41) is 10.1. The van der Waals surface area contributed by atoms with Crippen LogP contribution in [0, 0.1) is 40.4 Å². The van der Waals surface area contributed by atoms with Gasteiger partial charge in [0.25, 0.3) is 0 Å². The van der Waals surface area contributed by atoms with Crippen molar-refractivity contribution in [2.24, 2.45) is 40.4 Å². The Kier molecular flexibility index (Phi) is 3.27. The smallest absolute Gasteiger partial charge is 0.0543 e. The van der Waals surface area contributed by atoms with Gasteiger partial charge in [-0.25, -0.2) is 0 Å². The van der Waals surface area contributed by atoms with Crippen LogP contribution in [0.2, 0.25) is 0 Å². The van der Waals surface area contributed by atoms with Crippen LogP contribution in [0.15, 0.2) is 0 Å². The summed E-state index contributed by atoms with van der Waals surface area (Å²) in [6.07, 6.45) is 12.2. The van der Waals surface area contributed by atoms with Crippen LogP contribution < -0.4 is 0 Å². The normalized spacial score (nSPS) is 60.0. The predicted octanol–water partition coefficient (Wildman–Crippen LogP) is 5.03. The molecule has 0 amide bonds. The molecule has 4 aliphatic carbocycles. The molecule has 0 bridgehead atoms. The van der Waals surface area contributed by atoms with Crippen molar-refractivity contribution in [2.75, 3.05) is 0 Å². The van der Waals surface area contributed by atoms with Crippen molar-refractivity contribution < 1.29 is 5.11 Å². The molecule has 4 aliphatic rings. The van der Waals surface area contributed by atoms with Crippen LogP contribution in [0.4, 0.5) is 0 Å². The van der Waals surface area contributed by atoms with E-state index in [9.17, 15) is 5.11 Å². The molecule has 0 aliphatic heterocycles. The summed E-state index contributed by atoms with van der Waals surface area (Å²) in [7, 11) is 0. The summed E-state index contributed by atoms with van der Waals surface area (Å²) in [6, 6.07) is 0. The highest BCUT2D eigenvalue weighted by Crippen LogP contribution is 2.67. The highest BCUT2D eigenvalue weighted by molar-refractivity contribution is 5.08. The maximum Gasteiger partial charge on any atom is 0.0543 e. The zero-order valence-electron chi connectivity index (χ0n) is 14.3. The Morgan fingerprint density at radius 3 is 2.33 bits per heavy atom. The number of hydrogen-bond donors (Lipinski definition) is 1. The second kappa shape index (κ2) is 4.73. The van der Waals surface area contributed by atoms with E-state index >= 15 is 0 Å². The fourth-order valence-corrected chi connectivity index (χ4v) is 7.50. The molecule has 1 N–H and O–H groups in total. The Bertz CT molecular complexity index is 418. The second-order valence-corrected chi connectivity index (χ2v) is 9.61. The molecule has 0 heterocycles. The number of fused-ring (bicyclic) bond motifs is 5. The Morgan fingerprint density at radius 2 is 1.52 bits per heavy atom. The molecule has 21 heavy (non-hydrogen) atoms. The lowest BCUT2D eigenvalue weighted by atomic mass is 9.45. The van der Waals surface area contributed by atoms with Crippen molar-refractivity contribution in [3.05, 3.63) is 0 Å². The highest BCUT2D eigenvalue weighted by atomic mass is 16.3. The second-order valence-electron chi connectivity index (χ2n) is 9.61. The van der Waals surface area contributed by atoms with Crippen LogP contribution >= 0.6 is 0 Å². The molecule has 4 rings (SSSR count). The van der Waals surface area contributed by atoms with Crippen LogP contribution in [0.3, 0.4) is 0 Å². The van der Waals surface area contributed by atoms with E-state index in [1.807, 2.05) is 0 Å². The molecule has 120 valence electrons. The molecule has 8 atom stereocenters.